The van der Waals surface area contributed by atoms with Crippen LogP contribution in [-0.2, 0) is 0 Å². The fraction of sp³-hybridized carbons (Fsp3) is 0.412. The van der Waals surface area contributed by atoms with Crippen LogP contribution in [0.5, 0.6) is 0 Å². The molecule has 1 aromatic carbocycles. The molecule has 114 valence electrons. The van der Waals surface area contributed by atoms with Crippen LogP contribution in [0.15, 0.2) is 36.8 Å². The molecule has 1 aromatic heterocycles. The molecule has 2 aliphatic rings. The molecule has 3 heterocycles. The van der Waals surface area contributed by atoms with Gasteiger partial charge in [-0.1, -0.05) is 12.1 Å². The second-order valence-electron chi connectivity index (χ2n) is 6.41. The number of rotatable bonds is 3. The Labute approximate surface area is 129 Å². The number of amides is 1. The van der Waals surface area contributed by atoms with E-state index in [1.165, 1.54) is 13.0 Å². The predicted molar refractivity (Wildman–Crippen MR) is 84.5 cm³/mol. The maximum absolute atomic E-state index is 12.5. The van der Waals surface area contributed by atoms with Crippen LogP contribution in [0.2, 0.25) is 0 Å². The Morgan fingerprint density at radius 1 is 1.23 bits per heavy atom. The van der Waals surface area contributed by atoms with Crippen LogP contribution < -0.4 is 5.32 Å². The summed E-state index contributed by atoms with van der Waals surface area (Å²) in [6, 6.07) is 7.69. The number of H-pyrrole nitrogens is 1. The van der Waals surface area contributed by atoms with Crippen LogP contribution in [0.3, 0.4) is 0 Å². The highest BCUT2D eigenvalue weighted by Gasteiger charge is 2.41. The van der Waals surface area contributed by atoms with Crippen molar-refractivity contribution in [3.8, 4) is 11.3 Å². The Bertz CT molecular complexity index is 660. The van der Waals surface area contributed by atoms with Crippen LogP contribution in [0, 0.1) is 0 Å². The second-order valence-corrected chi connectivity index (χ2v) is 6.41. The van der Waals surface area contributed by atoms with E-state index in [1.807, 2.05) is 24.3 Å². The average Bonchev–Trinajstić information content (AvgIpc) is 3.16. The lowest BCUT2D eigenvalue weighted by Gasteiger charge is -2.34. The molecule has 5 heteroatoms. The molecule has 2 saturated heterocycles. The van der Waals surface area contributed by atoms with Gasteiger partial charge in [0.2, 0.25) is 0 Å². The summed E-state index contributed by atoms with van der Waals surface area (Å²) in [6.45, 7) is 3.29. The largest absolute Gasteiger partial charge is 0.345 e. The SMILES string of the molecule is O=C(NC12CCCN(CC1)C2)c1ccc(-c2cnc[nH]2)cc1. The number of nitrogens with zero attached hydrogens (tertiary/aromatic N) is 2. The summed E-state index contributed by atoms with van der Waals surface area (Å²) in [5, 5.41) is 3.29. The molecule has 2 fully saturated rings. The number of fused-ring (bicyclic) bond motifs is 2. The molecule has 2 aliphatic heterocycles. The molecule has 0 saturated carbocycles. The van der Waals surface area contributed by atoms with Crippen LogP contribution in [0.25, 0.3) is 11.3 Å². The first-order valence-corrected chi connectivity index (χ1v) is 7.88. The first kappa shape index (κ1) is 13.5. The van der Waals surface area contributed by atoms with Gasteiger partial charge in [0, 0.05) is 18.7 Å². The van der Waals surface area contributed by atoms with Crippen molar-refractivity contribution in [1.29, 1.82) is 0 Å². The summed E-state index contributed by atoms with van der Waals surface area (Å²) in [4.78, 5) is 22.1. The van der Waals surface area contributed by atoms with Crippen molar-refractivity contribution < 1.29 is 4.79 Å². The number of aromatic amines is 1. The van der Waals surface area contributed by atoms with Gasteiger partial charge in [0.25, 0.3) is 5.91 Å². The van der Waals surface area contributed by atoms with Gasteiger partial charge in [0.15, 0.2) is 0 Å². The van der Waals surface area contributed by atoms with E-state index in [1.54, 1.807) is 12.5 Å². The number of hydrogen-bond acceptors (Lipinski definition) is 3. The molecule has 5 nitrogen and oxygen atoms in total. The molecule has 0 spiro atoms. The van der Waals surface area contributed by atoms with Crippen molar-refractivity contribution in [3.05, 3.63) is 42.4 Å². The molecule has 1 amide bonds. The number of nitrogens with one attached hydrogen (secondary N) is 2. The lowest BCUT2D eigenvalue weighted by atomic mass is 9.90. The minimum Gasteiger partial charge on any atom is -0.345 e. The minimum atomic E-state index is -0.00260. The fourth-order valence-electron chi connectivity index (χ4n) is 3.69. The minimum absolute atomic E-state index is 0.00260. The Morgan fingerprint density at radius 2 is 2.09 bits per heavy atom. The monoisotopic (exact) mass is 296 g/mol. The van der Waals surface area contributed by atoms with Gasteiger partial charge in [-0.2, -0.15) is 0 Å². The van der Waals surface area contributed by atoms with Crippen molar-refractivity contribution in [1.82, 2.24) is 20.2 Å². The molecule has 4 rings (SSSR count). The standard InChI is InChI=1S/C17H20N4O/c22-16(20-17-6-1-8-21(11-17)9-7-17)14-4-2-13(3-5-14)15-10-18-12-19-15/h2-5,10,12H,1,6-9,11H2,(H,18,19)(H,20,22). The fourth-order valence-corrected chi connectivity index (χ4v) is 3.69. The predicted octanol–water partition coefficient (Wildman–Crippen LogP) is 2.04. The van der Waals surface area contributed by atoms with Crippen molar-refractivity contribution in [2.45, 2.75) is 24.8 Å². The van der Waals surface area contributed by atoms with Gasteiger partial charge in [0.1, 0.15) is 0 Å². The number of carbonyl (C=O) groups is 1. The highest BCUT2D eigenvalue weighted by atomic mass is 16.1. The summed E-state index contributed by atoms with van der Waals surface area (Å²) in [6.07, 6.45) is 6.79. The maximum Gasteiger partial charge on any atom is 0.251 e. The van der Waals surface area contributed by atoms with Gasteiger partial charge in [-0.15, -0.1) is 0 Å². The van der Waals surface area contributed by atoms with E-state index in [9.17, 15) is 4.79 Å². The summed E-state index contributed by atoms with van der Waals surface area (Å²) in [7, 11) is 0. The molecule has 0 radical (unpaired) electrons. The average molecular weight is 296 g/mol. The number of hydrogen-bond donors (Lipinski definition) is 2. The Morgan fingerprint density at radius 3 is 2.86 bits per heavy atom. The Hall–Kier alpha value is -2.14. The third kappa shape index (κ3) is 2.41. The third-order valence-corrected chi connectivity index (χ3v) is 4.90. The van der Waals surface area contributed by atoms with Gasteiger partial charge < -0.3 is 15.2 Å². The normalized spacial score (nSPS) is 26.8. The van der Waals surface area contributed by atoms with Crippen LogP contribution in [0.4, 0.5) is 0 Å². The highest BCUT2D eigenvalue weighted by Crippen LogP contribution is 2.31. The zero-order chi connectivity index (χ0) is 15.0. The van der Waals surface area contributed by atoms with E-state index in [2.05, 4.69) is 20.2 Å². The summed E-state index contributed by atoms with van der Waals surface area (Å²) in [5.74, 6) is 0.0416. The van der Waals surface area contributed by atoms with Gasteiger partial charge in [-0.05, 0) is 43.5 Å². The summed E-state index contributed by atoms with van der Waals surface area (Å²) in [5.41, 5.74) is 2.72. The van der Waals surface area contributed by atoms with E-state index in [4.69, 9.17) is 0 Å². The quantitative estimate of drug-likeness (QED) is 0.911. The first-order valence-electron chi connectivity index (χ1n) is 7.88. The molecule has 0 aliphatic carbocycles. The van der Waals surface area contributed by atoms with Gasteiger partial charge >= 0.3 is 0 Å². The molecule has 2 N–H and O–H groups in total. The van der Waals surface area contributed by atoms with Crippen LogP contribution in [0.1, 0.15) is 29.6 Å². The molecule has 2 bridgehead atoms. The van der Waals surface area contributed by atoms with E-state index in [0.717, 1.165) is 42.8 Å². The lowest BCUT2D eigenvalue weighted by Crippen LogP contribution is -2.52. The van der Waals surface area contributed by atoms with Crippen molar-refractivity contribution in [3.63, 3.8) is 0 Å². The number of piperidine rings is 1. The molecular weight excluding hydrogens is 276 g/mol. The van der Waals surface area contributed by atoms with E-state index in [-0.39, 0.29) is 11.4 Å². The Balaban J connectivity index is 1.49. The van der Waals surface area contributed by atoms with Crippen molar-refractivity contribution in [2.24, 2.45) is 0 Å². The van der Waals surface area contributed by atoms with Crippen LogP contribution >= 0.6 is 0 Å². The van der Waals surface area contributed by atoms with Gasteiger partial charge in [-0.3, -0.25) is 4.79 Å². The van der Waals surface area contributed by atoms with Crippen LogP contribution in [-0.4, -0.2) is 45.9 Å². The van der Waals surface area contributed by atoms with E-state index in [0.29, 0.717) is 0 Å². The number of carbonyl (C=O) groups excluding carboxylic acids is 1. The first-order chi connectivity index (χ1) is 10.7. The molecule has 2 unspecified atom stereocenters. The number of imidazole rings is 1. The summed E-state index contributed by atoms with van der Waals surface area (Å²) < 4.78 is 0. The molecular formula is C17H20N4O. The third-order valence-electron chi connectivity index (χ3n) is 4.90. The molecule has 22 heavy (non-hydrogen) atoms. The van der Waals surface area contributed by atoms with Crippen molar-refractivity contribution in [2.75, 3.05) is 19.6 Å². The Kier molecular flexibility index (Phi) is 3.22. The number of benzene rings is 1. The van der Waals surface area contributed by atoms with E-state index >= 15 is 0 Å². The van der Waals surface area contributed by atoms with Gasteiger partial charge in [0.05, 0.1) is 23.8 Å². The van der Waals surface area contributed by atoms with Gasteiger partial charge in [-0.25, -0.2) is 4.98 Å². The topological polar surface area (TPSA) is 61.0 Å². The second kappa shape index (κ2) is 5.25. The molecule has 2 atom stereocenters. The maximum atomic E-state index is 12.5. The van der Waals surface area contributed by atoms with E-state index < -0.39 is 0 Å². The summed E-state index contributed by atoms with van der Waals surface area (Å²) >= 11 is 0. The number of aromatic nitrogens is 2. The lowest BCUT2D eigenvalue weighted by molar-refractivity contribution is 0.0877. The highest BCUT2D eigenvalue weighted by molar-refractivity contribution is 5.95. The van der Waals surface area contributed by atoms with Crippen molar-refractivity contribution >= 4 is 5.91 Å². The zero-order valence-corrected chi connectivity index (χ0v) is 12.5. The smallest absolute Gasteiger partial charge is 0.251 e. The zero-order valence-electron chi connectivity index (χ0n) is 12.5. The molecule has 2 aromatic rings.